The maximum absolute atomic E-state index is 9.52. The Morgan fingerprint density at radius 3 is 2.71 bits per heavy atom. The monoisotopic (exact) mass is 97.1 g/mol. The van der Waals surface area contributed by atoms with Crippen LogP contribution in [0.4, 0.5) is 0 Å². The van der Waals surface area contributed by atoms with E-state index in [1.165, 1.54) is 5.57 Å². The molecule has 2 nitrogen and oxygen atoms in total. The molecule has 7 heavy (non-hydrogen) atoms. The summed E-state index contributed by atoms with van der Waals surface area (Å²) in [7, 11) is 0. The molecule has 0 unspecified atom stereocenters. The summed E-state index contributed by atoms with van der Waals surface area (Å²) in [5.74, 6) is 0. The summed E-state index contributed by atoms with van der Waals surface area (Å²) in [4.78, 5) is 9.52. The molecule has 0 bridgehead atoms. The van der Waals surface area contributed by atoms with Crippen LogP contribution in [0.1, 0.15) is 12.8 Å². The van der Waals surface area contributed by atoms with Crippen LogP contribution in [0.3, 0.4) is 0 Å². The van der Waals surface area contributed by atoms with E-state index in [1.807, 2.05) is 0 Å². The van der Waals surface area contributed by atoms with Gasteiger partial charge in [-0.25, -0.2) is 0 Å². The van der Waals surface area contributed by atoms with Gasteiger partial charge in [-0.05, 0) is 18.4 Å². The number of nitrogens with zero attached hydrogens (tertiary/aromatic N) is 1. The normalized spacial score (nSPS) is 17.4. The van der Waals surface area contributed by atoms with Gasteiger partial charge in [0.15, 0.2) is 0 Å². The Hall–Kier alpha value is -0.660. The fourth-order valence-electron chi connectivity index (χ4n) is 0.575. The first-order chi connectivity index (χ1) is 3.43. The molecule has 0 radical (unpaired) electrons. The molecule has 0 N–H and O–H groups in total. The third-order valence-electron chi connectivity index (χ3n) is 1.17. The molecule has 0 aliphatic heterocycles. The molecule has 0 saturated heterocycles. The first kappa shape index (κ1) is 4.50. The van der Waals surface area contributed by atoms with Crippen LogP contribution >= 0.6 is 0 Å². The fourth-order valence-corrected chi connectivity index (χ4v) is 0.575. The van der Waals surface area contributed by atoms with Crippen molar-refractivity contribution in [1.29, 1.82) is 0 Å². The zero-order valence-corrected chi connectivity index (χ0v) is 4.05. The summed E-state index contributed by atoms with van der Waals surface area (Å²) < 4.78 is 0. The van der Waals surface area contributed by atoms with Crippen molar-refractivity contribution in [1.82, 2.24) is 0 Å². The first-order valence-electron chi connectivity index (χ1n) is 2.40. The van der Waals surface area contributed by atoms with Crippen LogP contribution in [0.15, 0.2) is 16.8 Å². The van der Waals surface area contributed by atoms with E-state index in [9.17, 15) is 4.91 Å². The van der Waals surface area contributed by atoms with Gasteiger partial charge in [-0.15, -0.1) is 0 Å². The van der Waals surface area contributed by atoms with Crippen molar-refractivity contribution in [2.24, 2.45) is 5.18 Å². The van der Waals surface area contributed by atoms with Gasteiger partial charge in [-0.2, -0.15) is 4.91 Å². The molecule has 0 amide bonds. The van der Waals surface area contributed by atoms with Crippen molar-refractivity contribution in [2.45, 2.75) is 12.8 Å². The van der Waals surface area contributed by atoms with Crippen molar-refractivity contribution >= 4 is 0 Å². The minimum absolute atomic E-state index is 0.417. The lowest BCUT2D eigenvalue weighted by atomic mass is 10.00. The molecular formula is C5H7NO. The Kier molecular flexibility index (Phi) is 1.20. The predicted octanol–water partition coefficient (Wildman–Crippen LogP) is 1.47. The average molecular weight is 97.1 g/mol. The Balaban J connectivity index is 2.27. The van der Waals surface area contributed by atoms with E-state index in [0.29, 0.717) is 6.54 Å². The van der Waals surface area contributed by atoms with Gasteiger partial charge in [0, 0.05) is 0 Å². The van der Waals surface area contributed by atoms with E-state index in [0.717, 1.165) is 12.8 Å². The van der Waals surface area contributed by atoms with Gasteiger partial charge >= 0.3 is 0 Å². The maximum atomic E-state index is 9.52. The highest BCUT2D eigenvalue weighted by atomic mass is 16.3. The quantitative estimate of drug-likeness (QED) is 0.379. The second-order valence-electron chi connectivity index (χ2n) is 1.69. The van der Waals surface area contributed by atoms with E-state index in [4.69, 9.17) is 0 Å². The van der Waals surface area contributed by atoms with Crippen LogP contribution in [0, 0.1) is 4.91 Å². The number of nitroso groups, excluding NO2 is 1. The highest BCUT2D eigenvalue weighted by Crippen LogP contribution is 2.16. The van der Waals surface area contributed by atoms with Crippen LogP contribution in [0.5, 0.6) is 0 Å². The van der Waals surface area contributed by atoms with Gasteiger partial charge in [-0.3, -0.25) is 0 Å². The lowest BCUT2D eigenvalue weighted by Gasteiger charge is -2.08. The van der Waals surface area contributed by atoms with Crippen LogP contribution < -0.4 is 0 Å². The zero-order chi connectivity index (χ0) is 5.11. The fraction of sp³-hybridized carbons (Fsp3) is 0.600. The first-order valence-corrected chi connectivity index (χ1v) is 2.40. The van der Waals surface area contributed by atoms with E-state index in [-0.39, 0.29) is 0 Å². The van der Waals surface area contributed by atoms with Crippen LogP contribution in [0.2, 0.25) is 0 Å². The van der Waals surface area contributed by atoms with Crippen LogP contribution in [0.25, 0.3) is 0 Å². The Labute approximate surface area is 42.2 Å². The molecule has 0 aromatic carbocycles. The third-order valence-corrected chi connectivity index (χ3v) is 1.17. The summed E-state index contributed by atoms with van der Waals surface area (Å²) in [6.45, 7) is 0.417. The molecule has 2 heteroatoms. The Bertz CT molecular complexity index is 107. The maximum Gasteiger partial charge on any atom is 0.102 e. The summed E-state index contributed by atoms with van der Waals surface area (Å²) in [5, 5.41) is 2.74. The molecule has 0 atom stereocenters. The molecule has 0 heterocycles. The highest BCUT2D eigenvalue weighted by Gasteiger charge is 2.03. The standard InChI is InChI=1S/C5H7NO/c7-6-4-5-2-1-3-5/h2H,1,3-4H2. The second kappa shape index (κ2) is 1.87. The van der Waals surface area contributed by atoms with Gasteiger partial charge in [0.05, 0.1) is 0 Å². The Morgan fingerprint density at radius 1 is 1.86 bits per heavy atom. The van der Waals surface area contributed by atoms with Gasteiger partial charge < -0.3 is 0 Å². The van der Waals surface area contributed by atoms with Crippen molar-refractivity contribution in [2.75, 3.05) is 6.54 Å². The number of allylic oxidation sites excluding steroid dienone is 1. The summed E-state index contributed by atoms with van der Waals surface area (Å²) >= 11 is 0. The minimum atomic E-state index is 0.417. The summed E-state index contributed by atoms with van der Waals surface area (Å²) in [5.41, 5.74) is 1.20. The topological polar surface area (TPSA) is 29.4 Å². The van der Waals surface area contributed by atoms with Gasteiger partial charge in [0.1, 0.15) is 6.54 Å². The second-order valence-corrected chi connectivity index (χ2v) is 1.69. The molecule has 0 aromatic rings. The van der Waals surface area contributed by atoms with E-state index < -0.39 is 0 Å². The number of hydrogen-bond acceptors (Lipinski definition) is 2. The lowest BCUT2D eigenvalue weighted by molar-refractivity contribution is 0.834. The molecule has 38 valence electrons. The third kappa shape index (κ3) is 0.856. The van der Waals surface area contributed by atoms with Crippen molar-refractivity contribution in [3.63, 3.8) is 0 Å². The zero-order valence-electron chi connectivity index (χ0n) is 4.05. The molecule has 1 aliphatic rings. The van der Waals surface area contributed by atoms with Crippen LogP contribution in [-0.4, -0.2) is 6.54 Å². The summed E-state index contributed by atoms with van der Waals surface area (Å²) in [6, 6.07) is 0. The van der Waals surface area contributed by atoms with Crippen molar-refractivity contribution in [3.8, 4) is 0 Å². The number of hydrogen-bond donors (Lipinski definition) is 0. The van der Waals surface area contributed by atoms with Gasteiger partial charge in [0.2, 0.25) is 0 Å². The van der Waals surface area contributed by atoms with E-state index in [1.54, 1.807) is 0 Å². The smallest absolute Gasteiger partial charge is 0.102 e. The molecular weight excluding hydrogens is 90.1 g/mol. The van der Waals surface area contributed by atoms with E-state index >= 15 is 0 Å². The van der Waals surface area contributed by atoms with Crippen molar-refractivity contribution in [3.05, 3.63) is 16.6 Å². The SMILES string of the molecule is O=NCC1=CCC1. The largest absolute Gasteiger partial charge is 0.150 e. The van der Waals surface area contributed by atoms with E-state index in [2.05, 4.69) is 11.3 Å². The average Bonchev–Trinajstić information content (AvgIpc) is 1.55. The number of rotatable bonds is 2. The van der Waals surface area contributed by atoms with Crippen molar-refractivity contribution < 1.29 is 0 Å². The Morgan fingerprint density at radius 2 is 2.57 bits per heavy atom. The lowest BCUT2D eigenvalue weighted by Crippen LogP contribution is -1.95. The molecule has 1 rings (SSSR count). The molecule has 0 saturated carbocycles. The predicted molar refractivity (Wildman–Crippen MR) is 28.0 cm³/mol. The van der Waals surface area contributed by atoms with Crippen LogP contribution in [-0.2, 0) is 0 Å². The summed E-state index contributed by atoms with van der Waals surface area (Å²) in [6.07, 6.45) is 4.29. The molecule has 0 spiro atoms. The molecule has 0 fully saturated rings. The highest BCUT2D eigenvalue weighted by molar-refractivity contribution is 5.13. The van der Waals surface area contributed by atoms with Gasteiger partial charge in [-0.1, -0.05) is 11.3 Å². The molecule has 0 aromatic heterocycles. The molecule has 1 aliphatic carbocycles. The minimum Gasteiger partial charge on any atom is -0.150 e. The van der Waals surface area contributed by atoms with Gasteiger partial charge in [0.25, 0.3) is 0 Å².